The normalized spacial score (nSPS) is 16.3. The van der Waals surface area contributed by atoms with Crippen molar-refractivity contribution >= 4 is 17.6 Å². The number of amides is 3. The van der Waals surface area contributed by atoms with Crippen molar-refractivity contribution in [2.45, 2.75) is 38.8 Å². The SMILES string of the molecule is CC(C)N(C[C@H]1CCC(=O)N1)C(=O)Nc1cccc(-c2ccc(F)cc2)c1. The number of hydrogen-bond donors (Lipinski definition) is 2. The van der Waals surface area contributed by atoms with Gasteiger partial charge in [0, 0.05) is 30.7 Å². The summed E-state index contributed by atoms with van der Waals surface area (Å²) < 4.78 is 13.1. The smallest absolute Gasteiger partial charge is 0.322 e. The first-order valence-electron chi connectivity index (χ1n) is 9.15. The third-order valence-corrected chi connectivity index (χ3v) is 4.68. The Kier molecular flexibility index (Phi) is 5.74. The number of carbonyl (C=O) groups excluding carboxylic acids is 2. The summed E-state index contributed by atoms with van der Waals surface area (Å²) in [5, 5.41) is 5.83. The van der Waals surface area contributed by atoms with Gasteiger partial charge in [-0.2, -0.15) is 0 Å². The molecule has 0 unspecified atom stereocenters. The second-order valence-corrected chi connectivity index (χ2v) is 7.07. The van der Waals surface area contributed by atoms with Crippen LogP contribution in [0.4, 0.5) is 14.9 Å². The molecule has 2 N–H and O–H groups in total. The van der Waals surface area contributed by atoms with Crippen LogP contribution in [0, 0.1) is 5.82 Å². The lowest BCUT2D eigenvalue weighted by atomic mass is 10.1. The van der Waals surface area contributed by atoms with Gasteiger partial charge >= 0.3 is 6.03 Å². The van der Waals surface area contributed by atoms with E-state index in [4.69, 9.17) is 0 Å². The molecule has 3 rings (SSSR count). The van der Waals surface area contributed by atoms with Gasteiger partial charge in [0.1, 0.15) is 5.82 Å². The van der Waals surface area contributed by atoms with E-state index in [1.807, 2.05) is 38.1 Å². The zero-order valence-electron chi connectivity index (χ0n) is 15.5. The van der Waals surface area contributed by atoms with E-state index in [1.165, 1.54) is 12.1 Å². The Hall–Kier alpha value is -2.89. The molecule has 1 heterocycles. The van der Waals surface area contributed by atoms with Crippen LogP contribution in [0.3, 0.4) is 0 Å². The van der Waals surface area contributed by atoms with Crippen molar-refractivity contribution in [1.82, 2.24) is 10.2 Å². The maximum atomic E-state index is 13.1. The van der Waals surface area contributed by atoms with E-state index < -0.39 is 0 Å². The summed E-state index contributed by atoms with van der Waals surface area (Å²) in [6.07, 6.45) is 1.26. The highest BCUT2D eigenvalue weighted by atomic mass is 19.1. The lowest BCUT2D eigenvalue weighted by molar-refractivity contribution is -0.119. The second-order valence-electron chi connectivity index (χ2n) is 7.07. The van der Waals surface area contributed by atoms with Crippen molar-refractivity contribution in [1.29, 1.82) is 0 Å². The minimum absolute atomic E-state index is 0.00258. The van der Waals surface area contributed by atoms with Gasteiger partial charge in [-0.3, -0.25) is 4.79 Å². The molecule has 0 radical (unpaired) electrons. The Morgan fingerprint density at radius 1 is 1.22 bits per heavy atom. The number of rotatable bonds is 5. The van der Waals surface area contributed by atoms with Crippen LogP contribution < -0.4 is 10.6 Å². The number of nitrogens with one attached hydrogen (secondary N) is 2. The summed E-state index contributed by atoms with van der Waals surface area (Å²) >= 11 is 0. The maximum absolute atomic E-state index is 13.1. The molecular weight excluding hydrogens is 345 g/mol. The summed E-state index contributed by atoms with van der Waals surface area (Å²) in [5.41, 5.74) is 2.44. The first-order valence-corrected chi connectivity index (χ1v) is 9.15. The zero-order valence-corrected chi connectivity index (χ0v) is 15.5. The van der Waals surface area contributed by atoms with Crippen molar-refractivity contribution < 1.29 is 14.0 Å². The number of carbonyl (C=O) groups is 2. The Balaban J connectivity index is 1.71. The summed E-state index contributed by atoms with van der Waals surface area (Å²) in [6, 6.07) is 13.5. The topological polar surface area (TPSA) is 61.4 Å². The van der Waals surface area contributed by atoms with Crippen LogP contribution in [-0.2, 0) is 4.79 Å². The average Bonchev–Trinajstić information content (AvgIpc) is 3.05. The van der Waals surface area contributed by atoms with Crippen LogP contribution in [0.2, 0.25) is 0 Å². The summed E-state index contributed by atoms with van der Waals surface area (Å²) in [6.45, 7) is 4.38. The van der Waals surface area contributed by atoms with Gasteiger partial charge in [0.05, 0.1) is 0 Å². The van der Waals surface area contributed by atoms with Gasteiger partial charge < -0.3 is 15.5 Å². The first kappa shape index (κ1) is 18.9. The third kappa shape index (κ3) is 4.84. The number of urea groups is 1. The Morgan fingerprint density at radius 3 is 2.59 bits per heavy atom. The molecule has 2 aromatic rings. The predicted octanol–water partition coefficient (Wildman–Crippen LogP) is 4.01. The summed E-state index contributed by atoms with van der Waals surface area (Å²) in [4.78, 5) is 25.9. The van der Waals surface area contributed by atoms with Crippen molar-refractivity contribution in [3.63, 3.8) is 0 Å². The van der Waals surface area contributed by atoms with Gasteiger partial charge in [0.15, 0.2) is 0 Å². The Morgan fingerprint density at radius 2 is 1.96 bits per heavy atom. The highest BCUT2D eigenvalue weighted by Crippen LogP contribution is 2.23. The predicted molar refractivity (Wildman–Crippen MR) is 104 cm³/mol. The van der Waals surface area contributed by atoms with Gasteiger partial charge in [0.2, 0.25) is 5.91 Å². The van der Waals surface area contributed by atoms with Gasteiger partial charge in [-0.15, -0.1) is 0 Å². The van der Waals surface area contributed by atoms with Crippen molar-refractivity contribution in [3.8, 4) is 11.1 Å². The molecule has 0 aromatic heterocycles. The van der Waals surface area contributed by atoms with Crippen LogP contribution in [0.1, 0.15) is 26.7 Å². The zero-order chi connectivity index (χ0) is 19.4. The largest absolute Gasteiger partial charge is 0.352 e. The molecule has 0 aliphatic carbocycles. The third-order valence-electron chi connectivity index (χ3n) is 4.68. The molecule has 5 nitrogen and oxygen atoms in total. The molecule has 27 heavy (non-hydrogen) atoms. The maximum Gasteiger partial charge on any atom is 0.322 e. The van der Waals surface area contributed by atoms with Crippen LogP contribution >= 0.6 is 0 Å². The van der Waals surface area contributed by atoms with Crippen LogP contribution in [-0.4, -0.2) is 35.5 Å². The van der Waals surface area contributed by atoms with Gasteiger partial charge in [0.25, 0.3) is 0 Å². The monoisotopic (exact) mass is 369 g/mol. The fourth-order valence-corrected chi connectivity index (χ4v) is 3.19. The van der Waals surface area contributed by atoms with E-state index in [2.05, 4.69) is 10.6 Å². The quantitative estimate of drug-likeness (QED) is 0.836. The molecule has 1 aliphatic rings. The molecular formula is C21H24FN3O2. The van der Waals surface area contributed by atoms with Gasteiger partial charge in [-0.1, -0.05) is 24.3 Å². The molecule has 0 saturated carbocycles. The van der Waals surface area contributed by atoms with E-state index in [-0.39, 0.29) is 29.8 Å². The van der Waals surface area contributed by atoms with Gasteiger partial charge in [-0.25, -0.2) is 9.18 Å². The summed E-state index contributed by atoms with van der Waals surface area (Å²) in [7, 11) is 0. The molecule has 1 atom stereocenters. The van der Waals surface area contributed by atoms with E-state index in [1.54, 1.807) is 17.0 Å². The first-order chi connectivity index (χ1) is 12.9. The molecule has 6 heteroatoms. The standard InChI is InChI=1S/C21H24FN3O2/c1-14(2)25(13-19-10-11-20(26)23-19)21(27)24-18-5-3-4-16(12-18)15-6-8-17(22)9-7-15/h3-9,12,14,19H,10-11,13H2,1-2H3,(H,23,26)(H,24,27)/t19-/m1/s1. The van der Waals surface area contributed by atoms with Crippen molar-refractivity contribution in [3.05, 3.63) is 54.3 Å². The van der Waals surface area contributed by atoms with Crippen LogP contribution in [0.5, 0.6) is 0 Å². The number of benzene rings is 2. The highest BCUT2D eigenvalue weighted by molar-refractivity contribution is 5.90. The number of hydrogen-bond acceptors (Lipinski definition) is 2. The second kappa shape index (κ2) is 8.20. The highest BCUT2D eigenvalue weighted by Gasteiger charge is 2.26. The molecule has 0 spiro atoms. The molecule has 142 valence electrons. The molecule has 0 bridgehead atoms. The molecule has 1 saturated heterocycles. The van der Waals surface area contributed by atoms with Gasteiger partial charge in [-0.05, 0) is 55.7 Å². The molecule has 2 aromatic carbocycles. The Bertz CT molecular complexity index is 820. The van der Waals surface area contributed by atoms with Crippen molar-refractivity contribution in [2.24, 2.45) is 0 Å². The summed E-state index contributed by atoms with van der Waals surface area (Å²) in [5.74, 6) is -0.245. The molecule has 3 amide bonds. The number of anilines is 1. The molecule has 1 fully saturated rings. The van der Waals surface area contributed by atoms with E-state index in [0.717, 1.165) is 17.5 Å². The minimum atomic E-state index is -0.283. The van der Waals surface area contributed by atoms with E-state index in [0.29, 0.717) is 18.7 Å². The Labute approximate surface area is 158 Å². The van der Waals surface area contributed by atoms with Crippen molar-refractivity contribution in [2.75, 3.05) is 11.9 Å². The fourth-order valence-electron chi connectivity index (χ4n) is 3.19. The lowest BCUT2D eigenvalue weighted by Crippen LogP contribution is -2.47. The molecule has 1 aliphatic heterocycles. The lowest BCUT2D eigenvalue weighted by Gasteiger charge is -2.29. The van der Waals surface area contributed by atoms with Crippen LogP contribution in [0.15, 0.2) is 48.5 Å². The van der Waals surface area contributed by atoms with E-state index in [9.17, 15) is 14.0 Å². The van der Waals surface area contributed by atoms with Crippen LogP contribution in [0.25, 0.3) is 11.1 Å². The fraction of sp³-hybridized carbons (Fsp3) is 0.333. The average molecular weight is 369 g/mol. The van der Waals surface area contributed by atoms with E-state index >= 15 is 0 Å². The number of nitrogens with zero attached hydrogens (tertiary/aromatic N) is 1. The minimum Gasteiger partial charge on any atom is -0.352 e. The number of halogens is 1.